The summed E-state index contributed by atoms with van der Waals surface area (Å²) in [6.45, 7) is 4.53. The molecule has 4 atom stereocenters. The van der Waals surface area contributed by atoms with Crippen LogP contribution in [0, 0.1) is 5.92 Å². The summed E-state index contributed by atoms with van der Waals surface area (Å²) < 4.78 is 17.2. The first-order chi connectivity index (χ1) is 25.3. The van der Waals surface area contributed by atoms with E-state index in [0.717, 1.165) is 44.1 Å². The van der Waals surface area contributed by atoms with Gasteiger partial charge in [-0.05, 0) is 25.7 Å². The number of unbranched alkanes of at least 4 members (excludes halogenated alkanes) is 26. The molecule has 0 spiro atoms. The Balaban J connectivity index is 1.37. The standard InChI is InChI=1S/C45H78O7/c1-4-6-8-10-12-14-16-18-20-22-24-26-28-30-32-37-34-38(42(47)41(37)43(48)50-3)45-36-40(46)51-39(45)35-44(49,52-45)33-31-29-27-25-23-21-19-17-15-13-11-9-7-5-2/h38-39,49H,4-36H2,1-3H3. The normalized spacial score (nSPS) is 24.2. The zero-order valence-corrected chi connectivity index (χ0v) is 33.9. The lowest BCUT2D eigenvalue weighted by Crippen LogP contribution is -2.47. The van der Waals surface area contributed by atoms with E-state index >= 15 is 0 Å². The molecule has 300 valence electrons. The van der Waals surface area contributed by atoms with E-state index < -0.39 is 35.3 Å². The quantitative estimate of drug-likeness (QED) is 0.0418. The Morgan fingerprint density at radius 1 is 0.673 bits per heavy atom. The van der Waals surface area contributed by atoms with Gasteiger partial charge in [-0.1, -0.05) is 186 Å². The first-order valence-electron chi connectivity index (χ1n) is 22.3. The SMILES string of the molecule is CCCCCCCCCCCCCCCCC1=C(C(=O)OC)C(=O)C(C23CC(=O)OC2CC(O)(CCCCCCCCCCCCCCCC)O3)C1. The second kappa shape index (κ2) is 25.4. The molecule has 0 radical (unpaired) electrons. The topological polar surface area (TPSA) is 99.1 Å². The lowest BCUT2D eigenvalue weighted by atomic mass is 9.78. The number of ether oxygens (including phenoxy) is 3. The third-order valence-electron chi connectivity index (χ3n) is 12.2. The minimum absolute atomic E-state index is 0.0737. The van der Waals surface area contributed by atoms with Crippen LogP contribution in [0.5, 0.6) is 0 Å². The number of aliphatic hydroxyl groups is 1. The highest BCUT2D eigenvalue weighted by Crippen LogP contribution is 2.54. The van der Waals surface area contributed by atoms with Gasteiger partial charge in [0.2, 0.25) is 0 Å². The molecule has 7 nitrogen and oxygen atoms in total. The van der Waals surface area contributed by atoms with Gasteiger partial charge in [0.25, 0.3) is 0 Å². The summed E-state index contributed by atoms with van der Waals surface area (Å²) in [5, 5.41) is 11.6. The minimum atomic E-state index is -1.44. The van der Waals surface area contributed by atoms with E-state index in [2.05, 4.69) is 13.8 Å². The molecule has 3 aliphatic rings. The van der Waals surface area contributed by atoms with Crippen LogP contribution in [-0.2, 0) is 28.6 Å². The second-order valence-corrected chi connectivity index (χ2v) is 16.6. The number of allylic oxidation sites excluding steroid dienone is 1. The number of hydrogen-bond donors (Lipinski definition) is 1. The molecule has 1 aliphatic carbocycles. The summed E-state index contributed by atoms with van der Waals surface area (Å²) in [5.41, 5.74) is -0.310. The fraction of sp³-hybridized carbons (Fsp3) is 0.889. The monoisotopic (exact) mass is 731 g/mol. The van der Waals surface area contributed by atoms with Crippen LogP contribution in [0.15, 0.2) is 11.1 Å². The van der Waals surface area contributed by atoms with Crippen LogP contribution >= 0.6 is 0 Å². The Hall–Kier alpha value is -1.73. The van der Waals surface area contributed by atoms with Crippen LogP contribution in [0.3, 0.4) is 0 Å². The maximum Gasteiger partial charge on any atom is 0.341 e. The number of carbonyl (C=O) groups is 3. The molecule has 3 rings (SSSR count). The van der Waals surface area contributed by atoms with Crippen LogP contribution in [0.25, 0.3) is 0 Å². The highest BCUT2D eigenvalue weighted by atomic mass is 16.7. The maximum absolute atomic E-state index is 13.9. The molecular weight excluding hydrogens is 652 g/mol. The van der Waals surface area contributed by atoms with E-state index in [1.54, 1.807) is 0 Å². The first-order valence-corrected chi connectivity index (χ1v) is 22.3. The average Bonchev–Trinajstić information content (AvgIpc) is 3.72. The number of rotatable bonds is 32. The van der Waals surface area contributed by atoms with E-state index in [-0.39, 0.29) is 24.2 Å². The van der Waals surface area contributed by atoms with Gasteiger partial charge in [0.1, 0.15) is 17.3 Å². The van der Waals surface area contributed by atoms with Gasteiger partial charge in [-0.3, -0.25) is 9.59 Å². The molecule has 1 N–H and O–H groups in total. The van der Waals surface area contributed by atoms with Crippen molar-refractivity contribution in [1.82, 2.24) is 0 Å². The molecule has 0 bridgehead atoms. The Morgan fingerprint density at radius 2 is 1.10 bits per heavy atom. The van der Waals surface area contributed by atoms with Crippen molar-refractivity contribution in [2.75, 3.05) is 7.11 Å². The molecule has 0 aromatic carbocycles. The predicted octanol–water partition coefficient (Wildman–Crippen LogP) is 12.0. The highest BCUT2D eigenvalue weighted by Gasteiger charge is 2.67. The highest BCUT2D eigenvalue weighted by molar-refractivity contribution is 6.21. The summed E-state index contributed by atoms with van der Waals surface area (Å²) in [6, 6.07) is 0. The maximum atomic E-state index is 13.9. The second-order valence-electron chi connectivity index (χ2n) is 16.6. The number of hydrogen-bond acceptors (Lipinski definition) is 7. The van der Waals surface area contributed by atoms with Crippen LogP contribution in [0.4, 0.5) is 0 Å². The summed E-state index contributed by atoms with van der Waals surface area (Å²) >= 11 is 0. The lowest BCUT2D eigenvalue weighted by molar-refractivity contribution is -0.237. The van der Waals surface area contributed by atoms with Crippen LogP contribution in [0.2, 0.25) is 0 Å². The Bertz CT molecular complexity index is 1070. The molecule has 52 heavy (non-hydrogen) atoms. The number of esters is 2. The van der Waals surface area contributed by atoms with Crippen molar-refractivity contribution in [3.05, 3.63) is 11.1 Å². The van der Waals surface area contributed by atoms with Gasteiger partial charge in [-0.15, -0.1) is 0 Å². The van der Waals surface area contributed by atoms with Gasteiger partial charge in [-0.25, -0.2) is 4.79 Å². The van der Waals surface area contributed by atoms with Crippen molar-refractivity contribution >= 4 is 17.7 Å². The van der Waals surface area contributed by atoms with Crippen molar-refractivity contribution in [1.29, 1.82) is 0 Å². The minimum Gasteiger partial charge on any atom is -0.465 e. The number of carbonyl (C=O) groups excluding carboxylic acids is 3. The molecule has 7 heteroatoms. The molecule has 2 saturated heterocycles. The lowest BCUT2D eigenvalue weighted by Gasteiger charge is -2.33. The summed E-state index contributed by atoms with van der Waals surface area (Å²) in [4.78, 5) is 39.4. The van der Waals surface area contributed by atoms with E-state index in [0.29, 0.717) is 19.3 Å². The van der Waals surface area contributed by atoms with Crippen LogP contribution in [0.1, 0.15) is 226 Å². The van der Waals surface area contributed by atoms with Crippen LogP contribution in [-0.4, -0.2) is 47.4 Å². The smallest absolute Gasteiger partial charge is 0.341 e. The molecule has 2 aliphatic heterocycles. The van der Waals surface area contributed by atoms with Gasteiger partial charge in [0.05, 0.1) is 19.4 Å². The van der Waals surface area contributed by atoms with E-state index in [1.165, 1.54) is 148 Å². The third-order valence-corrected chi connectivity index (χ3v) is 12.2. The Morgan fingerprint density at radius 3 is 1.54 bits per heavy atom. The molecule has 0 amide bonds. The van der Waals surface area contributed by atoms with Gasteiger partial charge in [0.15, 0.2) is 11.6 Å². The first kappa shape index (κ1) is 44.7. The summed E-state index contributed by atoms with van der Waals surface area (Å²) in [7, 11) is 1.31. The van der Waals surface area contributed by atoms with Crippen molar-refractivity contribution in [2.24, 2.45) is 5.92 Å². The fourth-order valence-electron chi connectivity index (χ4n) is 9.10. The summed E-state index contributed by atoms with van der Waals surface area (Å²) in [5.74, 6) is -3.51. The zero-order valence-electron chi connectivity index (χ0n) is 33.9. The number of methoxy groups -OCH3 is 1. The van der Waals surface area contributed by atoms with Crippen molar-refractivity contribution in [3.8, 4) is 0 Å². The van der Waals surface area contributed by atoms with Gasteiger partial charge in [-0.2, -0.15) is 0 Å². The predicted molar refractivity (Wildman–Crippen MR) is 210 cm³/mol. The number of Topliss-reactive ketones (excluding diaryl/α,β-unsaturated/α-hetero) is 1. The Labute approximate surface area is 318 Å². The van der Waals surface area contributed by atoms with E-state index in [9.17, 15) is 19.5 Å². The molecule has 4 unspecified atom stereocenters. The van der Waals surface area contributed by atoms with Gasteiger partial charge >= 0.3 is 11.9 Å². The van der Waals surface area contributed by atoms with Crippen molar-refractivity contribution in [3.63, 3.8) is 0 Å². The summed E-state index contributed by atoms with van der Waals surface area (Å²) in [6.07, 6.45) is 36.3. The third kappa shape index (κ3) is 14.8. The van der Waals surface area contributed by atoms with E-state index in [1.807, 2.05) is 0 Å². The van der Waals surface area contributed by atoms with Crippen molar-refractivity contribution < 1.29 is 33.7 Å². The zero-order chi connectivity index (χ0) is 37.5. The van der Waals surface area contributed by atoms with Crippen molar-refractivity contribution in [2.45, 2.75) is 243 Å². The molecule has 0 aromatic heterocycles. The molecule has 2 heterocycles. The van der Waals surface area contributed by atoms with Gasteiger partial charge < -0.3 is 19.3 Å². The Kier molecular flexibility index (Phi) is 21.8. The molecule has 0 aromatic rings. The largest absolute Gasteiger partial charge is 0.465 e. The molecule has 2 fully saturated rings. The van der Waals surface area contributed by atoms with Gasteiger partial charge in [0, 0.05) is 12.8 Å². The molecular formula is C45H78O7. The number of ketones is 1. The van der Waals surface area contributed by atoms with E-state index in [4.69, 9.17) is 14.2 Å². The average molecular weight is 731 g/mol. The number of fused-ring (bicyclic) bond motifs is 1. The fourth-order valence-corrected chi connectivity index (χ4v) is 9.10. The molecule has 0 saturated carbocycles. The van der Waals surface area contributed by atoms with Crippen LogP contribution < -0.4 is 0 Å².